The molecule has 0 radical (unpaired) electrons. The zero-order chi connectivity index (χ0) is 42.3. The molecular formula is C50H64O9. The molecule has 8 rings (SSSR count). The molecule has 0 amide bonds. The van der Waals surface area contributed by atoms with Gasteiger partial charge in [-0.15, -0.1) is 0 Å². The van der Waals surface area contributed by atoms with E-state index in [0.29, 0.717) is 46.2 Å². The van der Waals surface area contributed by atoms with Crippen molar-refractivity contribution in [3.63, 3.8) is 0 Å². The predicted octanol–water partition coefficient (Wildman–Crippen LogP) is 10.9. The van der Waals surface area contributed by atoms with Crippen molar-refractivity contribution >= 4 is 22.9 Å². The van der Waals surface area contributed by atoms with E-state index in [1.165, 1.54) is 44.6 Å². The van der Waals surface area contributed by atoms with Crippen molar-refractivity contribution in [1.29, 1.82) is 0 Å². The van der Waals surface area contributed by atoms with Gasteiger partial charge >= 0.3 is 11.9 Å². The zero-order valence-electron chi connectivity index (χ0n) is 36.3. The third kappa shape index (κ3) is 6.82. The lowest BCUT2D eigenvalue weighted by Crippen LogP contribution is -2.58. The van der Waals surface area contributed by atoms with Gasteiger partial charge in [-0.2, -0.15) is 0 Å². The standard InChI is InChI=1S/C50H64O9/c1-46(2)37-20-23-48(5)28-30-14-16-36-47(3,4)40(22-24-49(36,6)31(30)15-17-38(48)50(37,7)25-21-39(46)56-8)59-42(54)19-18-41(53)57-35-27-33(52)43-32(51)26-34(58-45(43)44(35)55)29-12-10-9-11-13-29/h9-14,26-27,31,36-40,52,55H,15-25,28H2,1-8H3/t31-,36-,37-,38-,39+,40+,48-,49+,50-/m0/s1. The van der Waals surface area contributed by atoms with Gasteiger partial charge in [0.2, 0.25) is 5.75 Å². The number of aromatic hydroxyl groups is 2. The maximum atomic E-state index is 13.4. The molecule has 59 heavy (non-hydrogen) atoms. The molecule has 1 aromatic heterocycles. The van der Waals surface area contributed by atoms with Gasteiger partial charge in [0.1, 0.15) is 23.0 Å². The Kier molecular flexibility index (Phi) is 10.4. The first kappa shape index (κ1) is 41.6. The molecule has 5 aliphatic carbocycles. The van der Waals surface area contributed by atoms with Crippen LogP contribution in [0.15, 0.2) is 63.3 Å². The first-order chi connectivity index (χ1) is 27.8. The summed E-state index contributed by atoms with van der Waals surface area (Å²) >= 11 is 0. The zero-order valence-corrected chi connectivity index (χ0v) is 36.3. The molecule has 9 heteroatoms. The third-order valence-corrected chi connectivity index (χ3v) is 17.1. The minimum absolute atomic E-state index is 0.103. The predicted molar refractivity (Wildman–Crippen MR) is 227 cm³/mol. The van der Waals surface area contributed by atoms with Gasteiger partial charge in [-0.05, 0) is 110 Å². The van der Waals surface area contributed by atoms with Crippen molar-refractivity contribution in [3.8, 4) is 28.6 Å². The minimum atomic E-state index is -0.795. The molecule has 0 spiro atoms. The number of fused-ring (bicyclic) bond motifs is 7. The highest BCUT2D eigenvalue weighted by atomic mass is 16.6. The molecule has 0 aliphatic heterocycles. The lowest BCUT2D eigenvalue weighted by molar-refractivity contribution is -0.178. The fourth-order valence-corrected chi connectivity index (χ4v) is 14.2. The van der Waals surface area contributed by atoms with Crippen molar-refractivity contribution in [2.45, 2.75) is 138 Å². The van der Waals surface area contributed by atoms with E-state index in [2.05, 4.69) is 54.5 Å². The smallest absolute Gasteiger partial charge is 0.311 e. The average Bonchev–Trinajstić information content (AvgIpc) is 3.34. The Morgan fingerprint density at radius 1 is 0.780 bits per heavy atom. The average molecular weight is 809 g/mol. The Labute approximate surface area is 348 Å². The van der Waals surface area contributed by atoms with Gasteiger partial charge in [0.05, 0.1) is 18.9 Å². The number of hydrogen-bond donors (Lipinski definition) is 2. The summed E-state index contributed by atoms with van der Waals surface area (Å²) in [5.41, 5.74) is 2.00. The van der Waals surface area contributed by atoms with Crippen LogP contribution in [0.5, 0.6) is 17.2 Å². The van der Waals surface area contributed by atoms with Crippen LogP contribution in [0.2, 0.25) is 0 Å². The van der Waals surface area contributed by atoms with Crippen LogP contribution in [0, 0.1) is 50.7 Å². The highest BCUT2D eigenvalue weighted by Crippen LogP contribution is 2.70. The van der Waals surface area contributed by atoms with Gasteiger partial charge in [0.25, 0.3) is 0 Å². The first-order valence-corrected chi connectivity index (χ1v) is 22.0. The van der Waals surface area contributed by atoms with E-state index >= 15 is 0 Å². The molecule has 3 aromatic rings. The van der Waals surface area contributed by atoms with E-state index in [1.807, 2.05) is 13.2 Å². The Morgan fingerprint density at radius 3 is 2.19 bits per heavy atom. The molecule has 1 heterocycles. The second-order valence-corrected chi connectivity index (χ2v) is 20.9. The lowest BCUT2D eigenvalue weighted by atomic mass is 9.42. The van der Waals surface area contributed by atoms with Crippen LogP contribution in [0.4, 0.5) is 0 Å². The van der Waals surface area contributed by atoms with Gasteiger partial charge in [0, 0.05) is 30.2 Å². The second kappa shape index (κ2) is 14.8. The SMILES string of the molecule is CO[C@@H]1CC[C@@]2(C)[C@@H](CC[C@@]3(C)CC4=CC[C@H]5C(C)(C)[C@H](OC(=O)CCC(=O)Oc6cc(O)c7c(=O)cc(-c8ccccc8)oc7c6O)CC[C@]5(C)[C@H]4CC[C@@H]32)C1(C)C. The molecule has 318 valence electrons. The number of carbonyl (C=O) groups excluding carboxylic acids is 2. The number of hydrogen-bond acceptors (Lipinski definition) is 9. The summed E-state index contributed by atoms with van der Waals surface area (Å²) in [6.45, 7) is 17.2. The number of phenolic OH excluding ortho intramolecular Hbond substituents is 2. The molecule has 0 bridgehead atoms. The van der Waals surface area contributed by atoms with E-state index in [1.54, 1.807) is 29.8 Å². The van der Waals surface area contributed by atoms with E-state index < -0.39 is 28.9 Å². The number of esters is 2. The monoisotopic (exact) mass is 808 g/mol. The fourth-order valence-electron chi connectivity index (χ4n) is 14.2. The molecule has 9 atom stereocenters. The highest BCUT2D eigenvalue weighted by molar-refractivity contribution is 5.92. The van der Waals surface area contributed by atoms with Crippen LogP contribution < -0.4 is 10.2 Å². The summed E-state index contributed by atoms with van der Waals surface area (Å²) in [5.74, 6) is -0.359. The molecule has 0 saturated heterocycles. The topological polar surface area (TPSA) is 132 Å². The van der Waals surface area contributed by atoms with Gasteiger partial charge in [0.15, 0.2) is 16.8 Å². The Bertz CT molecular complexity index is 2220. The number of ether oxygens (including phenoxy) is 3. The number of carbonyl (C=O) groups is 2. The number of phenols is 2. The fraction of sp³-hybridized carbons (Fsp3) is 0.620. The normalized spacial score (nSPS) is 34.5. The largest absolute Gasteiger partial charge is 0.507 e. The summed E-state index contributed by atoms with van der Waals surface area (Å²) in [6, 6.07) is 11.1. The quantitative estimate of drug-likeness (QED) is 0.104. The number of benzene rings is 2. The number of rotatable bonds is 7. The second-order valence-electron chi connectivity index (χ2n) is 20.9. The van der Waals surface area contributed by atoms with Crippen molar-refractivity contribution in [2.75, 3.05) is 7.11 Å². The van der Waals surface area contributed by atoms with Gasteiger partial charge in [-0.1, -0.05) is 90.4 Å². The maximum absolute atomic E-state index is 13.4. The van der Waals surface area contributed by atoms with Crippen LogP contribution in [0.25, 0.3) is 22.3 Å². The first-order valence-electron chi connectivity index (χ1n) is 22.0. The minimum Gasteiger partial charge on any atom is -0.507 e. The lowest BCUT2D eigenvalue weighted by Gasteiger charge is -2.64. The molecule has 5 aliphatic rings. The van der Waals surface area contributed by atoms with Gasteiger partial charge in [-0.25, -0.2) is 0 Å². The summed E-state index contributed by atoms with van der Waals surface area (Å²) in [4.78, 5) is 39.3. The molecule has 4 fully saturated rings. The van der Waals surface area contributed by atoms with Crippen molar-refractivity contribution < 1.29 is 38.4 Å². The summed E-state index contributed by atoms with van der Waals surface area (Å²) in [7, 11) is 1.90. The summed E-state index contributed by atoms with van der Waals surface area (Å²) in [5, 5.41) is 21.4. The van der Waals surface area contributed by atoms with E-state index in [9.17, 15) is 24.6 Å². The number of methoxy groups -OCH3 is 1. The highest BCUT2D eigenvalue weighted by Gasteiger charge is 2.63. The van der Waals surface area contributed by atoms with Crippen molar-refractivity contribution in [2.24, 2.45) is 50.7 Å². The Hall–Kier alpha value is -4.11. The van der Waals surface area contributed by atoms with E-state index in [-0.39, 0.29) is 57.7 Å². The van der Waals surface area contributed by atoms with Gasteiger partial charge < -0.3 is 28.8 Å². The molecule has 9 nitrogen and oxygen atoms in total. The Morgan fingerprint density at radius 2 is 1.46 bits per heavy atom. The molecule has 4 saturated carbocycles. The van der Waals surface area contributed by atoms with Crippen LogP contribution in [0.1, 0.15) is 126 Å². The van der Waals surface area contributed by atoms with E-state index in [4.69, 9.17) is 18.6 Å². The summed E-state index contributed by atoms with van der Waals surface area (Å²) < 4.78 is 23.5. The van der Waals surface area contributed by atoms with Crippen LogP contribution in [-0.2, 0) is 19.1 Å². The van der Waals surface area contributed by atoms with Crippen LogP contribution >= 0.6 is 0 Å². The van der Waals surface area contributed by atoms with Gasteiger partial charge in [-0.3, -0.25) is 14.4 Å². The summed E-state index contributed by atoms with van der Waals surface area (Å²) in [6.07, 6.45) is 13.5. The molecular weight excluding hydrogens is 745 g/mol. The maximum Gasteiger partial charge on any atom is 0.311 e. The molecule has 2 N–H and O–H groups in total. The van der Waals surface area contributed by atoms with Crippen molar-refractivity contribution in [3.05, 3.63) is 64.3 Å². The molecule has 2 aromatic carbocycles. The number of allylic oxidation sites excluding steroid dienone is 2. The van der Waals surface area contributed by atoms with Crippen molar-refractivity contribution in [1.82, 2.24) is 0 Å². The van der Waals surface area contributed by atoms with E-state index in [0.717, 1.165) is 31.7 Å². The Balaban J connectivity index is 0.923. The molecule has 0 unspecified atom stereocenters. The van der Waals surface area contributed by atoms with Crippen LogP contribution in [-0.4, -0.2) is 41.5 Å². The third-order valence-electron chi connectivity index (χ3n) is 17.1. The van der Waals surface area contributed by atoms with Crippen LogP contribution in [0.3, 0.4) is 0 Å².